The predicted octanol–water partition coefficient (Wildman–Crippen LogP) is 4.74. The highest BCUT2D eigenvalue weighted by Crippen LogP contribution is 2.69. The minimum Gasteiger partial charge on any atom is -0.481 e. The van der Waals surface area contributed by atoms with Gasteiger partial charge < -0.3 is 15.0 Å². The molecule has 3 aromatic rings. The van der Waals surface area contributed by atoms with Gasteiger partial charge in [0.25, 0.3) is 0 Å². The SMILES string of the molecule is COc1ccc2cc(C[C@@H](CNC(=O)CC[C@]3(C(F)(F)F)C[C@H]3c3cccnc3)N(C)C)ccc2n1. The minimum absolute atomic E-state index is 0.00150. The number of fused-ring (bicyclic) bond motifs is 1. The summed E-state index contributed by atoms with van der Waals surface area (Å²) in [7, 11) is 5.42. The largest absolute Gasteiger partial charge is 0.481 e. The van der Waals surface area contributed by atoms with Crippen LogP contribution in [0.2, 0.25) is 0 Å². The Hall–Kier alpha value is -3.20. The Morgan fingerprint density at radius 2 is 2.06 bits per heavy atom. The van der Waals surface area contributed by atoms with Gasteiger partial charge in [-0.05, 0) is 68.8 Å². The highest BCUT2D eigenvalue weighted by atomic mass is 19.4. The molecule has 1 saturated carbocycles. The quantitative estimate of drug-likeness (QED) is 0.436. The molecule has 1 N–H and O–H groups in total. The van der Waals surface area contributed by atoms with Gasteiger partial charge in [-0.15, -0.1) is 0 Å². The molecule has 0 spiro atoms. The summed E-state index contributed by atoms with van der Waals surface area (Å²) in [6.45, 7) is 0.343. The van der Waals surface area contributed by atoms with Gasteiger partial charge >= 0.3 is 6.18 Å². The summed E-state index contributed by atoms with van der Waals surface area (Å²) >= 11 is 0. The molecule has 1 aromatic carbocycles. The number of hydrogen-bond acceptors (Lipinski definition) is 5. The van der Waals surface area contributed by atoms with Gasteiger partial charge in [0.2, 0.25) is 11.8 Å². The summed E-state index contributed by atoms with van der Waals surface area (Å²) < 4.78 is 47.0. The Morgan fingerprint density at radius 3 is 2.72 bits per heavy atom. The molecule has 0 unspecified atom stereocenters. The zero-order valence-electron chi connectivity index (χ0n) is 20.7. The van der Waals surface area contributed by atoms with E-state index in [2.05, 4.69) is 21.4 Å². The van der Waals surface area contributed by atoms with Crippen molar-refractivity contribution >= 4 is 16.8 Å². The highest BCUT2D eigenvalue weighted by Gasteiger charge is 2.70. The van der Waals surface area contributed by atoms with Crippen LogP contribution >= 0.6 is 0 Å². The maximum atomic E-state index is 13.9. The van der Waals surface area contributed by atoms with Gasteiger partial charge in [0, 0.05) is 48.8 Å². The van der Waals surface area contributed by atoms with E-state index < -0.39 is 17.5 Å². The van der Waals surface area contributed by atoms with Crippen LogP contribution in [0.15, 0.2) is 54.9 Å². The number of carbonyl (C=O) groups excluding carboxylic acids is 1. The number of alkyl halides is 3. The van der Waals surface area contributed by atoms with Crippen molar-refractivity contribution in [3.05, 3.63) is 66.0 Å². The van der Waals surface area contributed by atoms with Gasteiger partial charge in [0.15, 0.2) is 0 Å². The molecule has 0 saturated heterocycles. The first-order valence-electron chi connectivity index (χ1n) is 12.0. The fraction of sp³-hybridized carbons (Fsp3) is 0.444. The van der Waals surface area contributed by atoms with E-state index in [0.29, 0.717) is 24.4 Å². The summed E-state index contributed by atoms with van der Waals surface area (Å²) in [4.78, 5) is 23.0. The lowest BCUT2D eigenvalue weighted by atomic mass is 9.93. The van der Waals surface area contributed by atoms with E-state index in [0.717, 1.165) is 16.5 Å². The number of nitrogens with zero attached hydrogens (tertiary/aromatic N) is 3. The molecule has 6 nitrogen and oxygen atoms in total. The molecule has 2 heterocycles. The van der Waals surface area contributed by atoms with Crippen LogP contribution in [-0.2, 0) is 11.2 Å². The van der Waals surface area contributed by atoms with Crippen molar-refractivity contribution in [3.63, 3.8) is 0 Å². The van der Waals surface area contributed by atoms with Gasteiger partial charge in [-0.25, -0.2) is 4.98 Å². The van der Waals surface area contributed by atoms with E-state index in [-0.39, 0.29) is 31.2 Å². The Kier molecular flexibility index (Phi) is 7.49. The van der Waals surface area contributed by atoms with E-state index in [1.165, 1.54) is 6.20 Å². The van der Waals surface area contributed by atoms with Crippen molar-refractivity contribution in [2.45, 2.75) is 43.8 Å². The number of nitrogens with one attached hydrogen (secondary N) is 1. The predicted molar refractivity (Wildman–Crippen MR) is 132 cm³/mol. The van der Waals surface area contributed by atoms with E-state index >= 15 is 0 Å². The topological polar surface area (TPSA) is 67.3 Å². The lowest BCUT2D eigenvalue weighted by molar-refractivity contribution is -0.191. The molecular formula is C27H31F3N4O2. The Labute approximate surface area is 208 Å². The molecule has 1 aliphatic rings. The highest BCUT2D eigenvalue weighted by molar-refractivity contribution is 5.80. The van der Waals surface area contributed by atoms with Crippen molar-refractivity contribution < 1.29 is 22.7 Å². The number of carbonyl (C=O) groups is 1. The van der Waals surface area contributed by atoms with Crippen LogP contribution in [0.1, 0.15) is 36.3 Å². The van der Waals surface area contributed by atoms with Crippen LogP contribution in [0.5, 0.6) is 5.88 Å². The van der Waals surface area contributed by atoms with Gasteiger partial charge in [0.05, 0.1) is 18.0 Å². The fourth-order valence-electron chi connectivity index (χ4n) is 4.82. The molecule has 36 heavy (non-hydrogen) atoms. The van der Waals surface area contributed by atoms with Crippen LogP contribution < -0.4 is 10.1 Å². The third-order valence-corrected chi connectivity index (χ3v) is 7.20. The molecule has 2 aromatic heterocycles. The Balaban J connectivity index is 1.34. The first-order valence-corrected chi connectivity index (χ1v) is 12.0. The van der Waals surface area contributed by atoms with E-state index in [1.54, 1.807) is 25.4 Å². The van der Waals surface area contributed by atoms with Crippen molar-refractivity contribution in [2.75, 3.05) is 27.7 Å². The maximum Gasteiger partial charge on any atom is 0.395 e. The second-order valence-electron chi connectivity index (χ2n) is 9.70. The number of halogens is 3. The number of rotatable bonds is 10. The maximum absolute atomic E-state index is 13.9. The number of aromatic nitrogens is 2. The van der Waals surface area contributed by atoms with E-state index in [4.69, 9.17) is 4.74 Å². The Morgan fingerprint density at radius 1 is 1.25 bits per heavy atom. The number of benzene rings is 1. The number of methoxy groups -OCH3 is 1. The summed E-state index contributed by atoms with van der Waals surface area (Å²) in [5.41, 5.74) is 0.634. The smallest absolute Gasteiger partial charge is 0.395 e. The molecule has 0 aliphatic heterocycles. The lowest BCUT2D eigenvalue weighted by Gasteiger charge is -2.25. The van der Waals surface area contributed by atoms with E-state index in [9.17, 15) is 18.0 Å². The molecule has 4 rings (SSSR count). The van der Waals surface area contributed by atoms with Crippen LogP contribution in [0.4, 0.5) is 13.2 Å². The summed E-state index contributed by atoms with van der Waals surface area (Å²) in [6, 6.07) is 13.0. The lowest BCUT2D eigenvalue weighted by Crippen LogP contribution is -2.42. The Bertz CT molecular complexity index is 1200. The zero-order valence-corrected chi connectivity index (χ0v) is 20.7. The third-order valence-electron chi connectivity index (χ3n) is 7.20. The second kappa shape index (κ2) is 10.4. The standard InChI is InChI=1S/C27H31F3N4O2/c1-34(2)21(14-18-6-8-23-19(13-18)7-9-25(33-23)36-3)17-32-24(35)10-11-26(27(28,29)30)15-22(26)20-5-4-12-31-16-20/h4-9,12-13,16,21-22H,10-11,14-15,17H2,1-3H3,(H,32,35)/t21-,22-,26-/m0/s1. The van der Waals surface area contributed by atoms with Gasteiger partial charge in [-0.3, -0.25) is 9.78 Å². The third kappa shape index (κ3) is 5.61. The number of pyridine rings is 2. The molecule has 0 radical (unpaired) electrons. The van der Waals surface area contributed by atoms with Gasteiger partial charge in [-0.1, -0.05) is 12.1 Å². The first kappa shape index (κ1) is 25.9. The monoisotopic (exact) mass is 500 g/mol. The molecule has 192 valence electrons. The minimum atomic E-state index is -4.37. The molecular weight excluding hydrogens is 469 g/mol. The number of hydrogen-bond donors (Lipinski definition) is 1. The van der Waals surface area contributed by atoms with Gasteiger partial charge in [-0.2, -0.15) is 13.2 Å². The summed E-state index contributed by atoms with van der Waals surface area (Å²) in [5.74, 6) is -0.456. The molecule has 0 bridgehead atoms. The van der Waals surface area contributed by atoms with Crippen molar-refractivity contribution in [3.8, 4) is 5.88 Å². The summed E-state index contributed by atoms with van der Waals surface area (Å²) in [6.07, 6.45) is -1.06. The van der Waals surface area contributed by atoms with Crippen LogP contribution in [-0.4, -0.2) is 60.7 Å². The average molecular weight is 501 g/mol. The van der Waals surface area contributed by atoms with Crippen molar-refractivity contribution in [1.82, 2.24) is 20.2 Å². The average Bonchev–Trinajstić information content (AvgIpc) is 3.61. The van der Waals surface area contributed by atoms with Gasteiger partial charge in [0.1, 0.15) is 0 Å². The summed E-state index contributed by atoms with van der Waals surface area (Å²) in [5, 5.41) is 3.84. The second-order valence-corrected chi connectivity index (χ2v) is 9.70. The molecule has 3 atom stereocenters. The molecule has 1 aliphatic carbocycles. The number of amides is 1. The fourth-order valence-corrected chi connectivity index (χ4v) is 4.82. The number of likely N-dealkylation sites (N-methyl/N-ethyl adjacent to an activating group) is 1. The van der Waals surface area contributed by atoms with Crippen LogP contribution in [0.25, 0.3) is 10.9 Å². The number of ether oxygens (including phenoxy) is 1. The van der Waals surface area contributed by atoms with Crippen molar-refractivity contribution in [2.24, 2.45) is 5.41 Å². The van der Waals surface area contributed by atoms with Crippen molar-refractivity contribution in [1.29, 1.82) is 0 Å². The normalized spacial score (nSPS) is 20.4. The zero-order chi connectivity index (χ0) is 25.9. The van der Waals surface area contributed by atoms with Crippen LogP contribution in [0, 0.1) is 5.41 Å². The van der Waals surface area contributed by atoms with E-state index in [1.807, 2.05) is 43.3 Å². The van der Waals surface area contributed by atoms with Crippen LogP contribution in [0.3, 0.4) is 0 Å². The molecule has 9 heteroatoms. The first-order chi connectivity index (χ1) is 17.1. The molecule has 1 amide bonds. The molecule has 1 fully saturated rings.